The number of nitrogens with one attached hydrogen (secondary N) is 2. The van der Waals surface area contributed by atoms with Crippen LogP contribution < -0.4 is 10.6 Å². The average molecular weight is 270 g/mol. The normalized spacial score (nSPS) is 10.2. The summed E-state index contributed by atoms with van der Waals surface area (Å²) in [5.41, 5.74) is 3.23. The Bertz CT molecular complexity index is 588. The summed E-state index contributed by atoms with van der Waals surface area (Å²) in [5.74, 6) is 0.126. The van der Waals surface area contributed by atoms with Crippen molar-refractivity contribution in [2.45, 2.75) is 20.8 Å². The first-order chi connectivity index (χ1) is 9.58. The molecule has 5 nitrogen and oxygen atoms in total. The topological polar surface area (TPSA) is 66.9 Å². The van der Waals surface area contributed by atoms with Crippen LogP contribution in [0.25, 0.3) is 0 Å². The van der Waals surface area contributed by atoms with Crippen LogP contribution in [0.1, 0.15) is 28.7 Å². The Hall–Kier alpha value is -2.43. The lowest BCUT2D eigenvalue weighted by Gasteiger charge is -2.07. The Morgan fingerprint density at radius 3 is 2.25 bits per heavy atom. The first kappa shape index (κ1) is 14.0. The third kappa shape index (κ3) is 3.54. The Morgan fingerprint density at radius 1 is 1.10 bits per heavy atom. The molecular formula is C15H18N4O. The maximum atomic E-state index is 12.1. The van der Waals surface area contributed by atoms with Crippen molar-refractivity contribution >= 4 is 17.5 Å². The van der Waals surface area contributed by atoms with Gasteiger partial charge in [0.25, 0.3) is 5.91 Å². The van der Waals surface area contributed by atoms with Crippen LogP contribution in [0.5, 0.6) is 0 Å². The molecule has 0 bridgehead atoms. The summed E-state index contributed by atoms with van der Waals surface area (Å²) in [6, 6.07) is 9.16. The number of anilines is 2. The molecule has 0 unspecified atom stereocenters. The lowest BCUT2D eigenvalue weighted by atomic mass is 10.2. The van der Waals surface area contributed by atoms with Crippen LogP contribution in [0.3, 0.4) is 0 Å². The maximum Gasteiger partial charge on any atom is 0.258 e. The fraction of sp³-hybridized carbons (Fsp3) is 0.267. The van der Waals surface area contributed by atoms with Crippen LogP contribution in [-0.2, 0) is 0 Å². The summed E-state index contributed by atoms with van der Waals surface area (Å²) in [7, 11) is 0. The van der Waals surface area contributed by atoms with Gasteiger partial charge in [0.1, 0.15) is 0 Å². The van der Waals surface area contributed by atoms with E-state index in [2.05, 4.69) is 20.6 Å². The lowest BCUT2D eigenvalue weighted by molar-refractivity contribution is 0.102. The summed E-state index contributed by atoms with van der Waals surface area (Å²) in [6.07, 6.45) is 0. The van der Waals surface area contributed by atoms with Crippen molar-refractivity contribution < 1.29 is 4.79 Å². The van der Waals surface area contributed by atoms with Gasteiger partial charge in [0, 0.05) is 29.2 Å². The predicted molar refractivity (Wildman–Crippen MR) is 80.1 cm³/mol. The van der Waals surface area contributed by atoms with Crippen molar-refractivity contribution in [1.29, 1.82) is 0 Å². The second-order valence-corrected chi connectivity index (χ2v) is 4.54. The number of nitrogens with zero attached hydrogens (tertiary/aromatic N) is 2. The fourth-order valence-corrected chi connectivity index (χ4v) is 1.90. The highest BCUT2D eigenvalue weighted by Crippen LogP contribution is 2.11. The smallest absolute Gasteiger partial charge is 0.258 e. The Labute approximate surface area is 118 Å². The number of aromatic nitrogens is 2. The van der Waals surface area contributed by atoms with Gasteiger partial charge in [-0.25, -0.2) is 9.97 Å². The Kier molecular flexibility index (Phi) is 4.30. The van der Waals surface area contributed by atoms with Gasteiger partial charge in [-0.3, -0.25) is 10.1 Å². The summed E-state index contributed by atoms with van der Waals surface area (Å²) in [4.78, 5) is 20.5. The van der Waals surface area contributed by atoms with Gasteiger partial charge in [-0.1, -0.05) is 0 Å². The molecule has 5 heteroatoms. The van der Waals surface area contributed by atoms with Crippen LogP contribution in [-0.4, -0.2) is 22.4 Å². The standard InChI is InChI=1S/C15H18N4O/c1-4-16-13-7-5-12(6-8-13)14(20)19-15-17-10(2)9-11(3)18-15/h5-9,16H,4H2,1-3H3,(H,17,18,19,20). The number of hydrogen-bond acceptors (Lipinski definition) is 4. The molecule has 0 atom stereocenters. The largest absolute Gasteiger partial charge is 0.385 e. The average Bonchev–Trinajstić information content (AvgIpc) is 2.38. The van der Waals surface area contributed by atoms with E-state index in [1.165, 1.54) is 0 Å². The van der Waals surface area contributed by atoms with Gasteiger partial charge in [-0.15, -0.1) is 0 Å². The number of carbonyl (C=O) groups excluding carboxylic acids is 1. The highest BCUT2D eigenvalue weighted by atomic mass is 16.1. The molecule has 0 saturated heterocycles. The van der Waals surface area contributed by atoms with Gasteiger partial charge < -0.3 is 5.32 Å². The zero-order chi connectivity index (χ0) is 14.5. The minimum atomic E-state index is -0.210. The van der Waals surface area contributed by atoms with Crippen LogP contribution in [0.4, 0.5) is 11.6 Å². The van der Waals surface area contributed by atoms with E-state index in [4.69, 9.17) is 0 Å². The maximum absolute atomic E-state index is 12.1. The SMILES string of the molecule is CCNc1ccc(C(=O)Nc2nc(C)cc(C)n2)cc1. The van der Waals surface area contributed by atoms with E-state index < -0.39 is 0 Å². The van der Waals surface area contributed by atoms with E-state index in [9.17, 15) is 4.79 Å². The van der Waals surface area contributed by atoms with Gasteiger partial charge >= 0.3 is 0 Å². The van der Waals surface area contributed by atoms with Gasteiger partial charge in [-0.05, 0) is 51.1 Å². The number of aryl methyl sites for hydroxylation is 2. The molecule has 0 aliphatic heterocycles. The molecule has 0 fully saturated rings. The number of benzene rings is 1. The first-order valence-electron chi connectivity index (χ1n) is 6.56. The van der Waals surface area contributed by atoms with Crippen LogP contribution in [0.15, 0.2) is 30.3 Å². The number of hydrogen-bond donors (Lipinski definition) is 2. The molecular weight excluding hydrogens is 252 g/mol. The van der Waals surface area contributed by atoms with Crippen molar-refractivity contribution in [3.63, 3.8) is 0 Å². The van der Waals surface area contributed by atoms with E-state index in [0.717, 1.165) is 23.6 Å². The number of carbonyl (C=O) groups is 1. The highest BCUT2D eigenvalue weighted by molar-refractivity contribution is 6.03. The van der Waals surface area contributed by atoms with Crippen LogP contribution >= 0.6 is 0 Å². The minimum Gasteiger partial charge on any atom is -0.385 e. The van der Waals surface area contributed by atoms with Crippen molar-refractivity contribution in [3.05, 3.63) is 47.3 Å². The van der Waals surface area contributed by atoms with Crippen molar-refractivity contribution in [3.8, 4) is 0 Å². The molecule has 0 radical (unpaired) electrons. The summed E-state index contributed by atoms with van der Waals surface area (Å²) in [6.45, 7) is 6.62. The zero-order valence-electron chi connectivity index (χ0n) is 11.9. The van der Waals surface area contributed by atoms with E-state index in [0.29, 0.717) is 11.5 Å². The van der Waals surface area contributed by atoms with Crippen molar-refractivity contribution in [2.24, 2.45) is 0 Å². The molecule has 2 N–H and O–H groups in total. The summed E-state index contributed by atoms with van der Waals surface area (Å²) >= 11 is 0. The third-order valence-corrected chi connectivity index (χ3v) is 2.74. The Balaban J connectivity index is 2.11. The number of rotatable bonds is 4. The lowest BCUT2D eigenvalue weighted by Crippen LogP contribution is -2.15. The number of amides is 1. The molecule has 0 aliphatic carbocycles. The molecule has 104 valence electrons. The molecule has 0 spiro atoms. The predicted octanol–water partition coefficient (Wildman–Crippen LogP) is 2.78. The molecule has 2 aromatic rings. The second-order valence-electron chi connectivity index (χ2n) is 4.54. The molecule has 1 amide bonds. The molecule has 2 rings (SSSR count). The van der Waals surface area contributed by atoms with Gasteiger partial charge in [0.15, 0.2) is 0 Å². The highest BCUT2D eigenvalue weighted by Gasteiger charge is 2.08. The molecule has 0 aliphatic rings. The molecule has 20 heavy (non-hydrogen) atoms. The summed E-state index contributed by atoms with van der Waals surface area (Å²) < 4.78 is 0. The monoisotopic (exact) mass is 270 g/mol. The molecule has 1 aromatic heterocycles. The van der Waals surface area contributed by atoms with Gasteiger partial charge in [0.2, 0.25) is 5.95 Å². The van der Waals surface area contributed by atoms with Crippen molar-refractivity contribution in [1.82, 2.24) is 9.97 Å². The van der Waals surface area contributed by atoms with E-state index >= 15 is 0 Å². The van der Waals surface area contributed by atoms with E-state index in [1.54, 1.807) is 12.1 Å². The minimum absolute atomic E-state index is 0.210. The van der Waals surface area contributed by atoms with E-state index in [1.807, 2.05) is 39.0 Å². The van der Waals surface area contributed by atoms with Gasteiger partial charge in [0.05, 0.1) is 0 Å². The zero-order valence-corrected chi connectivity index (χ0v) is 11.9. The van der Waals surface area contributed by atoms with Crippen molar-refractivity contribution in [2.75, 3.05) is 17.2 Å². The fourth-order valence-electron chi connectivity index (χ4n) is 1.90. The first-order valence-corrected chi connectivity index (χ1v) is 6.56. The van der Waals surface area contributed by atoms with Crippen LogP contribution in [0, 0.1) is 13.8 Å². The second kappa shape index (κ2) is 6.14. The van der Waals surface area contributed by atoms with E-state index in [-0.39, 0.29) is 5.91 Å². The summed E-state index contributed by atoms with van der Waals surface area (Å²) in [5, 5.41) is 5.89. The molecule has 1 heterocycles. The third-order valence-electron chi connectivity index (χ3n) is 2.74. The quantitative estimate of drug-likeness (QED) is 0.896. The molecule has 0 saturated carbocycles. The Morgan fingerprint density at radius 2 is 1.70 bits per heavy atom. The van der Waals surface area contributed by atoms with Gasteiger partial charge in [-0.2, -0.15) is 0 Å². The van der Waals surface area contributed by atoms with Crippen LogP contribution in [0.2, 0.25) is 0 Å². The molecule has 1 aromatic carbocycles.